The van der Waals surface area contributed by atoms with Gasteiger partial charge in [0.05, 0.1) is 0 Å². The van der Waals surface area contributed by atoms with E-state index in [2.05, 4.69) is 10.1 Å². The molecule has 1 N–H and O–H groups in total. The molecule has 0 aliphatic rings. The van der Waals surface area contributed by atoms with Crippen molar-refractivity contribution < 1.29 is 19.1 Å². The van der Waals surface area contributed by atoms with E-state index in [1.54, 1.807) is 0 Å². The molecule has 0 fully saturated rings. The number of benzene rings is 1. The van der Waals surface area contributed by atoms with Gasteiger partial charge in [0.15, 0.2) is 6.07 Å². The van der Waals surface area contributed by atoms with Gasteiger partial charge in [-0.1, -0.05) is 35.9 Å². The predicted octanol–water partition coefficient (Wildman–Crippen LogP) is 3.38. The lowest BCUT2D eigenvalue weighted by molar-refractivity contribution is -0.141. The van der Waals surface area contributed by atoms with Crippen LogP contribution in [0.25, 0.3) is 0 Å². The summed E-state index contributed by atoms with van der Waals surface area (Å²) in [5.74, 6) is -0.327. The summed E-state index contributed by atoms with van der Waals surface area (Å²) < 4.78 is 9.84. The van der Waals surface area contributed by atoms with Crippen LogP contribution in [0.5, 0.6) is 0 Å². The first kappa shape index (κ1) is 18.3. The van der Waals surface area contributed by atoms with Crippen LogP contribution in [0, 0.1) is 0 Å². The Balaban J connectivity index is 2.47. The zero-order valence-corrected chi connectivity index (χ0v) is 13.9. The molecule has 5 nitrogen and oxygen atoms in total. The highest BCUT2D eigenvalue weighted by molar-refractivity contribution is 6.17. The number of hydrogen-bond donors (Lipinski definition) is 1. The molecule has 0 atom stereocenters. The van der Waals surface area contributed by atoms with Crippen LogP contribution in [0.4, 0.5) is 4.79 Å². The number of esters is 1. The third-order valence-electron chi connectivity index (χ3n) is 2.66. The van der Waals surface area contributed by atoms with E-state index < -0.39 is 11.7 Å². The summed E-state index contributed by atoms with van der Waals surface area (Å²) >= 11 is 5.32. The molecule has 1 aromatic carbocycles. The first-order chi connectivity index (χ1) is 10.3. The topological polar surface area (TPSA) is 64.6 Å². The third kappa shape index (κ3) is 7.88. The van der Waals surface area contributed by atoms with Crippen molar-refractivity contribution in [2.45, 2.75) is 45.8 Å². The molecule has 1 aromatic rings. The van der Waals surface area contributed by atoms with Crippen LogP contribution in [0.2, 0.25) is 0 Å². The highest BCUT2D eigenvalue weighted by Crippen LogP contribution is 2.10. The molecule has 0 saturated heterocycles. The SMILES string of the molecule is CC(C)(C)OC(=O)NCc1cccc(CCC(=O)OCCl)c1. The highest BCUT2D eigenvalue weighted by atomic mass is 35.5. The van der Waals surface area contributed by atoms with Crippen molar-refractivity contribution in [3.05, 3.63) is 35.4 Å². The van der Waals surface area contributed by atoms with Crippen molar-refractivity contribution >= 4 is 23.7 Å². The molecule has 0 aliphatic heterocycles. The van der Waals surface area contributed by atoms with E-state index in [-0.39, 0.29) is 18.5 Å². The zero-order valence-electron chi connectivity index (χ0n) is 13.1. The van der Waals surface area contributed by atoms with Crippen molar-refractivity contribution in [1.29, 1.82) is 0 Å². The fourth-order valence-corrected chi connectivity index (χ4v) is 1.88. The Bertz CT molecular complexity index is 511. The molecule has 0 spiro atoms. The normalized spacial score (nSPS) is 10.9. The van der Waals surface area contributed by atoms with Crippen LogP contribution in [-0.4, -0.2) is 23.7 Å². The minimum absolute atomic E-state index is 0.126. The fourth-order valence-electron chi connectivity index (χ4n) is 1.76. The minimum Gasteiger partial charge on any atom is -0.449 e. The second-order valence-electron chi connectivity index (χ2n) is 5.80. The summed E-state index contributed by atoms with van der Waals surface area (Å²) in [7, 11) is 0. The monoisotopic (exact) mass is 327 g/mol. The van der Waals surface area contributed by atoms with Gasteiger partial charge in [-0.15, -0.1) is 0 Å². The Labute approximate surface area is 135 Å². The third-order valence-corrected chi connectivity index (χ3v) is 2.77. The van der Waals surface area contributed by atoms with Gasteiger partial charge in [0.1, 0.15) is 5.60 Å². The van der Waals surface area contributed by atoms with E-state index >= 15 is 0 Å². The molecular formula is C16H22ClNO4. The Morgan fingerprint density at radius 3 is 2.55 bits per heavy atom. The number of nitrogens with one attached hydrogen (secondary N) is 1. The van der Waals surface area contributed by atoms with Crippen LogP contribution >= 0.6 is 11.6 Å². The van der Waals surface area contributed by atoms with Gasteiger partial charge in [-0.25, -0.2) is 4.79 Å². The molecule has 1 amide bonds. The number of carbonyl (C=O) groups excluding carboxylic acids is 2. The molecule has 0 saturated carbocycles. The summed E-state index contributed by atoms with van der Waals surface area (Å²) in [6, 6.07) is 7.52. The van der Waals surface area contributed by atoms with E-state index in [0.29, 0.717) is 13.0 Å². The van der Waals surface area contributed by atoms with E-state index in [0.717, 1.165) is 11.1 Å². The Morgan fingerprint density at radius 2 is 1.91 bits per heavy atom. The molecule has 6 heteroatoms. The largest absolute Gasteiger partial charge is 0.449 e. The van der Waals surface area contributed by atoms with Gasteiger partial charge >= 0.3 is 12.1 Å². The van der Waals surface area contributed by atoms with Gasteiger partial charge in [0.2, 0.25) is 0 Å². The summed E-state index contributed by atoms with van der Waals surface area (Å²) in [6.07, 6.45) is 0.384. The molecular weight excluding hydrogens is 306 g/mol. The summed E-state index contributed by atoms with van der Waals surface area (Å²) in [4.78, 5) is 22.9. The van der Waals surface area contributed by atoms with Crippen LogP contribution < -0.4 is 5.32 Å². The lowest BCUT2D eigenvalue weighted by atomic mass is 10.1. The maximum Gasteiger partial charge on any atom is 0.407 e. The maximum absolute atomic E-state index is 11.6. The van der Waals surface area contributed by atoms with Crippen LogP contribution in [0.3, 0.4) is 0 Å². The van der Waals surface area contributed by atoms with E-state index in [4.69, 9.17) is 16.3 Å². The van der Waals surface area contributed by atoms with Crippen LogP contribution in [0.15, 0.2) is 24.3 Å². The quantitative estimate of drug-likeness (QED) is 0.642. The van der Waals surface area contributed by atoms with Gasteiger partial charge < -0.3 is 14.8 Å². The predicted molar refractivity (Wildman–Crippen MR) is 84.6 cm³/mol. The van der Waals surface area contributed by atoms with Crippen LogP contribution in [0.1, 0.15) is 38.3 Å². The van der Waals surface area contributed by atoms with Crippen molar-refractivity contribution in [3.8, 4) is 0 Å². The molecule has 0 radical (unpaired) electrons. The molecule has 0 aliphatic carbocycles. The number of amides is 1. The van der Waals surface area contributed by atoms with Crippen LogP contribution in [-0.2, 0) is 27.2 Å². The van der Waals surface area contributed by atoms with E-state index in [1.807, 2.05) is 45.0 Å². The average Bonchev–Trinajstić information content (AvgIpc) is 2.42. The summed E-state index contributed by atoms with van der Waals surface area (Å²) in [5.41, 5.74) is 1.42. The number of ether oxygens (including phenoxy) is 2. The number of hydrogen-bond acceptors (Lipinski definition) is 4. The van der Waals surface area contributed by atoms with Gasteiger partial charge in [-0.3, -0.25) is 4.79 Å². The second-order valence-corrected chi connectivity index (χ2v) is 6.02. The van der Waals surface area contributed by atoms with Crippen molar-refractivity contribution in [2.75, 3.05) is 6.07 Å². The Kier molecular flexibility index (Phi) is 7.18. The Morgan fingerprint density at radius 1 is 1.23 bits per heavy atom. The summed E-state index contributed by atoms with van der Waals surface area (Å²) in [5, 5.41) is 2.70. The first-order valence-electron chi connectivity index (χ1n) is 7.06. The van der Waals surface area contributed by atoms with Crippen molar-refractivity contribution in [2.24, 2.45) is 0 Å². The lowest BCUT2D eigenvalue weighted by Gasteiger charge is -2.19. The van der Waals surface area contributed by atoms with Gasteiger partial charge in [-0.05, 0) is 38.3 Å². The molecule has 0 unspecified atom stereocenters. The minimum atomic E-state index is -0.519. The van der Waals surface area contributed by atoms with E-state index in [1.165, 1.54) is 0 Å². The average molecular weight is 328 g/mol. The second kappa shape index (κ2) is 8.63. The van der Waals surface area contributed by atoms with Gasteiger partial charge in [-0.2, -0.15) is 0 Å². The molecule has 0 bridgehead atoms. The zero-order chi connectivity index (χ0) is 16.6. The van der Waals surface area contributed by atoms with Crippen molar-refractivity contribution in [3.63, 3.8) is 0 Å². The number of aryl methyl sites for hydroxylation is 1. The lowest BCUT2D eigenvalue weighted by Crippen LogP contribution is -2.32. The number of halogens is 1. The maximum atomic E-state index is 11.6. The van der Waals surface area contributed by atoms with Gasteiger partial charge in [0.25, 0.3) is 0 Å². The highest BCUT2D eigenvalue weighted by Gasteiger charge is 2.15. The van der Waals surface area contributed by atoms with Gasteiger partial charge in [0, 0.05) is 13.0 Å². The summed E-state index contributed by atoms with van der Waals surface area (Å²) in [6.45, 7) is 5.81. The Hall–Kier alpha value is -1.75. The number of alkyl carbamates (subject to hydrolysis) is 1. The van der Waals surface area contributed by atoms with Crippen molar-refractivity contribution in [1.82, 2.24) is 5.32 Å². The van der Waals surface area contributed by atoms with E-state index in [9.17, 15) is 9.59 Å². The number of alkyl halides is 1. The number of carbonyl (C=O) groups is 2. The molecule has 1 rings (SSSR count). The first-order valence-corrected chi connectivity index (χ1v) is 7.60. The molecule has 0 aromatic heterocycles. The smallest absolute Gasteiger partial charge is 0.407 e. The molecule has 0 heterocycles. The molecule has 122 valence electrons. The standard InChI is InChI=1S/C16H22ClNO4/c1-16(2,3)22-15(20)18-10-13-6-4-5-12(9-13)7-8-14(19)21-11-17/h4-6,9H,7-8,10-11H2,1-3H3,(H,18,20). The number of rotatable bonds is 6. The molecule has 22 heavy (non-hydrogen) atoms. The fraction of sp³-hybridized carbons (Fsp3) is 0.500.